The molecular weight excluding hydrogens is 339 g/mol. The largest absolute Gasteiger partial charge is 0.481 e. The number of carboxylic acids is 1. The number of amides is 1. The minimum Gasteiger partial charge on any atom is -0.481 e. The minimum absolute atomic E-state index is 0.281. The van der Waals surface area contributed by atoms with Crippen molar-refractivity contribution in [3.8, 4) is 0 Å². The average molecular weight is 354 g/mol. The van der Waals surface area contributed by atoms with Gasteiger partial charge in [-0.3, -0.25) is 14.3 Å². The van der Waals surface area contributed by atoms with Crippen LogP contribution in [0.25, 0.3) is 0 Å². The molecule has 1 aliphatic rings. The van der Waals surface area contributed by atoms with Gasteiger partial charge in [0, 0.05) is 13.1 Å². The average Bonchev–Trinajstić information content (AvgIpc) is 2.98. The Balaban J connectivity index is 2.14. The molecule has 0 unspecified atom stereocenters. The van der Waals surface area contributed by atoms with E-state index in [0.29, 0.717) is 16.4 Å². The number of aliphatic carboxylic acids is 1. The molecule has 0 bridgehead atoms. The Morgan fingerprint density at radius 3 is 2.35 bits per heavy atom. The maximum Gasteiger partial charge on any atom is 0.394 e. The molecule has 1 saturated heterocycles. The minimum atomic E-state index is -4.67. The van der Waals surface area contributed by atoms with E-state index < -0.39 is 43.0 Å². The first kappa shape index (κ1) is 17.6. The molecule has 1 amide bonds. The Hall–Kier alpha value is -1.77. The number of aryl methyl sites for hydroxylation is 1. The number of carbonyl (C=O) groups is 2. The van der Waals surface area contributed by atoms with Crippen molar-refractivity contribution in [1.82, 2.24) is 14.7 Å². The molecule has 1 fully saturated rings. The van der Waals surface area contributed by atoms with E-state index in [-0.39, 0.29) is 6.54 Å². The molecule has 23 heavy (non-hydrogen) atoms. The standard InChI is InChI=1S/C13H15ClF3N3O3/c1-6-11(14)7(2)20(18-6)5-10(21)19-3-8(12(22)23)9(4-19)13(15,16)17/h8-9H,3-5H2,1-2H3,(H,22,23)/t8-,9-/m1/s1. The van der Waals surface area contributed by atoms with E-state index in [9.17, 15) is 22.8 Å². The second kappa shape index (κ2) is 6.03. The number of hydrogen-bond acceptors (Lipinski definition) is 3. The number of hydrogen-bond donors (Lipinski definition) is 1. The third-order valence-electron chi connectivity index (χ3n) is 3.99. The monoisotopic (exact) mass is 353 g/mol. The third-order valence-corrected chi connectivity index (χ3v) is 4.54. The predicted molar refractivity (Wildman–Crippen MR) is 74.0 cm³/mol. The van der Waals surface area contributed by atoms with Gasteiger partial charge in [0.2, 0.25) is 5.91 Å². The summed E-state index contributed by atoms with van der Waals surface area (Å²) in [6.45, 7) is 1.87. The molecule has 0 spiro atoms. The van der Waals surface area contributed by atoms with Crippen LogP contribution in [0.15, 0.2) is 0 Å². The van der Waals surface area contributed by atoms with Crippen LogP contribution in [-0.4, -0.2) is 50.9 Å². The normalized spacial score (nSPS) is 21.7. The lowest BCUT2D eigenvalue weighted by Crippen LogP contribution is -2.35. The zero-order valence-electron chi connectivity index (χ0n) is 12.4. The maximum atomic E-state index is 12.9. The molecule has 10 heteroatoms. The highest BCUT2D eigenvalue weighted by Gasteiger charge is 2.53. The van der Waals surface area contributed by atoms with Crippen molar-refractivity contribution < 1.29 is 27.9 Å². The first-order chi connectivity index (χ1) is 10.5. The molecule has 1 N–H and O–H groups in total. The van der Waals surface area contributed by atoms with E-state index in [0.717, 1.165) is 4.90 Å². The summed E-state index contributed by atoms with van der Waals surface area (Å²) in [7, 11) is 0. The molecule has 2 atom stereocenters. The highest BCUT2D eigenvalue weighted by Crippen LogP contribution is 2.37. The smallest absolute Gasteiger partial charge is 0.394 e. The van der Waals surface area contributed by atoms with Crippen molar-refractivity contribution in [3.05, 3.63) is 16.4 Å². The summed E-state index contributed by atoms with van der Waals surface area (Å²) >= 11 is 5.95. The van der Waals surface area contributed by atoms with Crippen LogP contribution in [0.3, 0.4) is 0 Å². The van der Waals surface area contributed by atoms with E-state index >= 15 is 0 Å². The van der Waals surface area contributed by atoms with Crippen molar-refractivity contribution in [3.63, 3.8) is 0 Å². The van der Waals surface area contributed by atoms with Gasteiger partial charge in [-0.15, -0.1) is 0 Å². The van der Waals surface area contributed by atoms with Crippen molar-refractivity contribution in [1.29, 1.82) is 0 Å². The number of rotatable bonds is 3. The fraction of sp³-hybridized carbons (Fsp3) is 0.615. The Morgan fingerprint density at radius 1 is 1.35 bits per heavy atom. The van der Waals surface area contributed by atoms with Crippen LogP contribution in [0.2, 0.25) is 5.02 Å². The number of carboxylic acid groups (broad SMARTS) is 1. The molecule has 1 aromatic heterocycles. The molecule has 2 rings (SSSR count). The van der Waals surface area contributed by atoms with Gasteiger partial charge in [-0.05, 0) is 13.8 Å². The van der Waals surface area contributed by atoms with Crippen LogP contribution in [0, 0.1) is 25.7 Å². The molecule has 0 saturated carbocycles. The van der Waals surface area contributed by atoms with Crippen molar-refractivity contribution in [2.24, 2.45) is 11.8 Å². The van der Waals surface area contributed by atoms with Gasteiger partial charge in [0.1, 0.15) is 6.54 Å². The summed E-state index contributed by atoms with van der Waals surface area (Å²) in [6.07, 6.45) is -4.67. The highest BCUT2D eigenvalue weighted by molar-refractivity contribution is 6.31. The fourth-order valence-electron chi connectivity index (χ4n) is 2.65. The summed E-state index contributed by atoms with van der Waals surface area (Å²) in [5.74, 6) is -5.89. The van der Waals surface area contributed by atoms with E-state index in [1.54, 1.807) is 13.8 Å². The second-order valence-electron chi connectivity index (χ2n) is 5.53. The molecule has 0 radical (unpaired) electrons. The van der Waals surface area contributed by atoms with Gasteiger partial charge in [0.25, 0.3) is 0 Å². The van der Waals surface area contributed by atoms with Crippen LogP contribution in [-0.2, 0) is 16.1 Å². The van der Waals surface area contributed by atoms with Crippen LogP contribution in [0.5, 0.6) is 0 Å². The Kier molecular flexibility index (Phi) is 4.61. The Labute approximate surface area is 134 Å². The summed E-state index contributed by atoms with van der Waals surface area (Å²) in [5, 5.41) is 13.4. The highest BCUT2D eigenvalue weighted by atomic mass is 35.5. The molecule has 1 aliphatic heterocycles. The molecule has 0 aromatic carbocycles. The number of likely N-dealkylation sites (tertiary alicyclic amines) is 1. The molecular formula is C13H15ClF3N3O3. The number of halogens is 4. The van der Waals surface area contributed by atoms with Crippen molar-refractivity contribution >= 4 is 23.5 Å². The van der Waals surface area contributed by atoms with Gasteiger partial charge in [-0.1, -0.05) is 11.6 Å². The van der Waals surface area contributed by atoms with Gasteiger partial charge in [0.15, 0.2) is 0 Å². The summed E-state index contributed by atoms with van der Waals surface area (Å²) < 4.78 is 40.1. The molecule has 6 nitrogen and oxygen atoms in total. The summed E-state index contributed by atoms with van der Waals surface area (Å²) in [5.41, 5.74) is 1.04. The second-order valence-corrected chi connectivity index (χ2v) is 5.91. The zero-order valence-corrected chi connectivity index (χ0v) is 13.1. The molecule has 2 heterocycles. The van der Waals surface area contributed by atoms with Gasteiger partial charge < -0.3 is 10.0 Å². The zero-order chi connectivity index (χ0) is 17.5. The van der Waals surface area contributed by atoms with Gasteiger partial charge >= 0.3 is 12.1 Å². The lowest BCUT2D eigenvalue weighted by molar-refractivity contribution is -0.188. The first-order valence-corrected chi connectivity index (χ1v) is 7.17. The van der Waals surface area contributed by atoms with Crippen molar-refractivity contribution in [2.45, 2.75) is 26.6 Å². The van der Waals surface area contributed by atoms with E-state index in [4.69, 9.17) is 16.7 Å². The SMILES string of the molecule is Cc1nn(CC(=O)N2C[C@@H](C(F)(F)F)[C@H](C(=O)O)C2)c(C)c1Cl. The Bertz CT molecular complexity index is 644. The number of nitrogens with zero attached hydrogens (tertiary/aromatic N) is 3. The van der Waals surface area contributed by atoms with Crippen LogP contribution < -0.4 is 0 Å². The Morgan fingerprint density at radius 2 is 1.96 bits per heavy atom. The van der Waals surface area contributed by atoms with E-state index in [2.05, 4.69) is 5.10 Å². The van der Waals surface area contributed by atoms with Crippen molar-refractivity contribution in [2.75, 3.05) is 13.1 Å². The first-order valence-electron chi connectivity index (χ1n) is 6.79. The lowest BCUT2D eigenvalue weighted by Gasteiger charge is -2.18. The van der Waals surface area contributed by atoms with Gasteiger partial charge in [-0.25, -0.2) is 0 Å². The molecule has 1 aromatic rings. The van der Waals surface area contributed by atoms with Gasteiger partial charge in [0.05, 0.1) is 28.2 Å². The fourth-order valence-corrected chi connectivity index (χ4v) is 2.78. The van der Waals surface area contributed by atoms with E-state index in [1.165, 1.54) is 4.68 Å². The number of alkyl halides is 3. The number of aromatic nitrogens is 2. The van der Waals surface area contributed by atoms with Crippen LogP contribution >= 0.6 is 11.6 Å². The topological polar surface area (TPSA) is 75.4 Å². The molecule has 128 valence electrons. The lowest BCUT2D eigenvalue weighted by atomic mass is 9.96. The molecule has 0 aliphatic carbocycles. The quantitative estimate of drug-likeness (QED) is 0.900. The third kappa shape index (κ3) is 3.44. The van der Waals surface area contributed by atoms with Crippen LogP contribution in [0.1, 0.15) is 11.4 Å². The number of carbonyl (C=O) groups excluding carboxylic acids is 1. The predicted octanol–water partition coefficient (Wildman–Crippen LogP) is 1.87. The van der Waals surface area contributed by atoms with E-state index in [1.807, 2.05) is 0 Å². The summed E-state index contributed by atoms with van der Waals surface area (Å²) in [6, 6.07) is 0. The van der Waals surface area contributed by atoms with Gasteiger partial charge in [-0.2, -0.15) is 18.3 Å². The summed E-state index contributed by atoms with van der Waals surface area (Å²) in [4.78, 5) is 24.1. The van der Waals surface area contributed by atoms with Crippen LogP contribution in [0.4, 0.5) is 13.2 Å². The maximum absolute atomic E-state index is 12.9.